The summed E-state index contributed by atoms with van der Waals surface area (Å²) in [5.41, 5.74) is 9.13. The molecule has 1 aliphatic rings. The van der Waals surface area contributed by atoms with Crippen molar-refractivity contribution in [3.8, 4) is 34.4 Å². The van der Waals surface area contributed by atoms with Crippen LogP contribution in [0.2, 0.25) is 0 Å². The van der Waals surface area contributed by atoms with Crippen molar-refractivity contribution in [2.75, 3.05) is 27.2 Å². The molecule has 0 saturated carbocycles. The number of aromatic nitrogens is 1. The molecule has 2 atom stereocenters. The number of benzene rings is 2. The molecule has 2 heterocycles. The number of carbonyl (C=O) groups excluding carboxylic acids is 1. The van der Waals surface area contributed by atoms with E-state index in [0.29, 0.717) is 19.5 Å². The first-order valence-electron chi connectivity index (χ1n) is 13.5. The normalized spacial score (nSPS) is 15.3. The van der Waals surface area contributed by atoms with Crippen LogP contribution in [0.15, 0.2) is 42.5 Å². The van der Waals surface area contributed by atoms with Crippen LogP contribution in [0.4, 0.5) is 13.6 Å². The summed E-state index contributed by atoms with van der Waals surface area (Å²) >= 11 is 0. The summed E-state index contributed by atoms with van der Waals surface area (Å²) in [6, 6.07) is 12.6. The number of likely N-dealkylation sites (tertiary alicyclic amines) is 1. The van der Waals surface area contributed by atoms with E-state index in [-0.39, 0.29) is 24.7 Å². The lowest BCUT2D eigenvalue weighted by atomic mass is 10.0. The molecule has 1 fully saturated rings. The van der Waals surface area contributed by atoms with Crippen LogP contribution in [0.25, 0.3) is 11.1 Å². The number of pyridine rings is 1. The van der Waals surface area contributed by atoms with Crippen LogP contribution in [0.1, 0.15) is 30.9 Å². The molecule has 1 aliphatic heterocycles. The Hall–Kier alpha value is -4.45. The minimum atomic E-state index is -1.45. The van der Waals surface area contributed by atoms with Gasteiger partial charge >= 0.3 is 12.0 Å². The van der Waals surface area contributed by atoms with Crippen LogP contribution in [0, 0.1) is 18.6 Å². The van der Waals surface area contributed by atoms with Crippen molar-refractivity contribution in [3.63, 3.8) is 0 Å². The number of ether oxygens (including phenoxy) is 3. The monoisotopic (exact) mass is 584 g/mol. The van der Waals surface area contributed by atoms with E-state index in [0.717, 1.165) is 22.3 Å². The molecular formula is C30H34F2N4O6. The molecule has 0 bridgehead atoms. The van der Waals surface area contributed by atoms with Crippen molar-refractivity contribution in [1.29, 1.82) is 0 Å². The number of hydrogen-bond donors (Lipinski definition) is 2. The summed E-state index contributed by atoms with van der Waals surface area (Å²) in [6.45, 7) is 4.16. The van der Waals surface area contributed by atoms with Gasteiger partial charge in [-0.15, -0.1) is 0 Å². The Morgan fingerprint density at radius 3 is 2.55 bits per heavy atom. The second kappa shape index (κ2) is 13.0. The second-order valence-electron chi connectivity index (χ2n) is 10.2. The summed E-state index contributed by atoms with van der Waals surface area (Å²) in [5, 5.41) is 9.46. The van der Waals surface area contributed by atoms with Gasteiger partial charge in [0.15, 0.2) is 6.10 Å². The zero-order valence-corrected chi connectivity index (χ0v) is 23.9. The van der Waals surface area contributed by atoms with Gasteiger partial charge in [0.2, 0.25) is 17.4 Å². The fraction of sp³-hybridized carbons (Fsp3) is 0.367. The Balaban J connectivity index is 1.71. The van der Waals surface area contributed by atoms with Crippen LogP contribution in [-0.4, -0.2) is 71.3 Å². The maximum absolute atomic E-state index is 15.8. The van der Waals surface area contributed by atoms with Crippen molar-refractivity contribution < 1.29 is 37.7 Å². The zero-order chi connectivity index (χ0) is 30.6. The highest BCUT2D eigenvalue weighted by molar-refractivity contribution is 5.74. The molecule has 1 saturated heterocycles. The number of amides is 2. The van der Waals surface area contributed by atoms with Crippen molar-refractivity contribution in [3.05, 3.63) is 65.2 Å². The van der Waals surface area contributed by atoms with E-state index in [9.17, 15) is 14.7 Å². The molecule has 3 aromatic rings. The van der Waals surface area contributed by atoms with Gasteiger partial charge in [-0.25, -0.2) is 9.59 Å². The Bertz CT molecular complexity index is 1470. The van der Waals surface area contributed by atoms with Crippen molar-refractivity contribution in [2.45, 2.75) is 45.4 Å². The smallest absolute Gasteiger partial charge is 0.344 e. The third-order valence-electron chi connectivity index (χ3n) is 6.72. The molecule has 2 aromatic carbocycles. The van der Waals surface area contributed by atoms with Gasteiger partial charge in [-0.1, -0.05) is 31.2 Å². The maximum Gasteiger partial charge on any atom is 0.344 e. The maximum atomic E-state index is 15.8. The Labute approximate surface area is 242 Å². The lowest BCUT2D eigenvalue weighted by Crippen LogP contribution is -2.38. The average molecular weight is 585 g/mol. The Morgan fingerprint density at radius 2 is 1.88 bits per heavy atom. The topological polar surface area (TPSA) is 127 Å². The molecule has 224 valence electrons. The lowest BCUT2D eigenvalue weighted by Gasteiger charge is -2.22. The number of rotatable bonds is 10. The van der Waals surface area contributed by atoms with Gasteiger partial charge in [0, 0.05) is 33.6 Å². The first kappa shape index (κ1) is 30.5. The molecular weight excluding hydrogens is 550 g/mol. The SMILES string of the molecule is CC[C@@H](Oc1nc(Oc2cc(C)cc(-c3cccc(CN)c3)c2)c(F)c(OC2CCN(C(=O)N(C)C)C2)c1F)C(=O)O. The first-order valence-corrected chi connectivity index (χ1v) is 13.5. The number of carboxylic acid groups (broad SMARTS) is 1. The molecule has 10 nitrogen and oxygen atoms in total. The summed E-state index contributed by atoms with van der Waals surface area (Å²) in [4.78, 5) is 30.7. The number of halogens is 2. The molecule has 3 N–H and O–H groups in total. The van der Waals surface area contributed by atoms with E-state index in [1.165, 1.54) is 16.7 Å². The predicted molar refractivity (Wildman–Crippen MR) is 151 cm³/mol. The van der Waals surface area contributed by atoms with Crippen LogP contribution in [0.5, 0.6) is 23.3 Å². The van der Waals surface area contributed by atoms with Gasteiger partial charge in [-0.3, -0.25) is 0 Å². The number of carbonyl (C=O) groups is 2. The molecule has 0 radical (unpaired) electrons. The lowest BCUT2D eigenvalue weighted by molar-refractivity contribution is -0.145. The number of aliphatic carboxylic acids is 1. The molecule has 42 heavy (non-hydrogen) atoms. The number of nitrogens with zero attached hydrogens (tertiary/aromatic N) is 3. The van der Waals surface area contributed by atoms with E-state index in [2.05, 4.69) is 4.98 Å². The molecule has 1 unspecified atom stereocenters. The first-order chi connectivity index (χ1) is 20.0. The van der Waals surface area contributed by atoms with E-state index in [4.69, 9.17) is 19.9 Å². The van der Waals surface area contributed by atoms with Crippen LogP contribution in [0.3, 0.4) is 0 Å². The third-order valence-corrected chi connectivity index (χ3v) is 6.72. The molecule has 1 aromatic heterocycles. The van der Waals surface area contributed by atoms with Crippen molar-refractivity contribution in [2.24, 2.45) is 5.73 Å². The number of carboxylic acids is 1. The zero-order valence-electron chi connectivity index (χ0n) is 23.9. The molecule has 0 aliphatic carbocycles. The fourth-order valence-electron chi connectivity index (χ4n) is 4.58. The minimum Gasteiger partial charge on any atom is -0.482 e. The van der Waals surface area contributed by atoms with Crippen LogP contribution in [-0.2, 0) is 11.3 Å². The van der Waals surface area contributed by atoms with E-state index >= 15 is 8.78 Å². The van der Waals surface area contributed by atoms with Crippen molar-refractivity contribution >= 4 is 12.0 Å². The quantitative estimate of drug-likeness (QED) is 0.342. The van der Waals surface area contributed by atoms with Gasteiger partial charge in [0.25, 0.3) is 11.8 Å². The summed E-state index contributed by atoms with van der Waals surface area (Å²) in [6.07, 6.45) is -1.86. The number of aryl methyl sites for hydroxylation is 1. The van der Waals surface area contributed by atoms with Gasteiger partial charge in [-0.05, 0) is 53.8 Å². The third kappa shape index (κ3) is 6.88. The van der Waals surface area contributed by atoms with Gasteiger partial charge in [0.05, 0.1) is 6.54 Å². The summed E-state index contributed by atoms with van der Waals surface area (Å²) in [5.74, 6) is -5.94. The van der Waals surface area contributed by atoms with E-state index in [1.54, 1.807) is 26.2 Å². The highest BCUT2D eigenvalue weighted by atomic mass is 19.1. The van der Waals surface area contributed by atoms with Gasteiger partial charge < -0.3 is 34.9 Å². The van der Waals surface area contributed by atoms with Gasteiger partial charge in [0.1, 0.15) is 11.9 Å². The highest BCUT2D eigenvalue weighted by Crippen LogP contribution is 2.38. The standard InChI is InChI=1S/C30H34F2N4O6/c1-5-23(29(37)38)42-28-25(32)26(40-21-9-10-36(16-21)30(39)35(3)4)24(31)27(34-28)41-22-12-17(2)11-20(14-22)19-8-6-7-18(13-19)15-33/h6-8,11-14,21,23H,5,9-10,15-16,33H2,1-4H3,(H,37,38)/t21?,23-/m1/s1. The fourth-order valence-corrected chi connectivity index (χ4v) is 4.58. The van der Waals surface area contributed by atoms with Gasteiger partial charge in [-0.2, -0.15) is 13.8 Å². The predicted octanol–water partition coefficient (Wildman–Crippen LogP) is 4.96. The Morgan fingerprint density at radius 1 is 1.14 bits per heavy atom. The number of urea groups is 1. The highest BCUT2D eigenvalue weighted by Gasteiger charge is 2.33. The Kier molecular flexibility index (Phi) is 9.46. The number of hydrogen-bond acceptors (Lipinski definition) is 7. The largest absolute Gasteiger partial charge is 0.482 e. The van der Waals surface area contributed by atoms with Crippen molar-refractivity contribution in [1.82, 2.24) is 14.8 Å². The van der Waals surface area contributed by atoms with E-state index < -0.39 is 47.3 Å². The van der Waals surface area contributed by atoms with E-state index in [1.807, 2.05) is 37.3 Å². The molecule has 2 amide bonds. The average Bonchev–Trinajstić information content (AvgIpc) is 3.43. The number of nitrogens with two attached hydrogens (primary N) is 1. The van der Waals surface area contributed by atoms with Crippen LogP contribution >= 0.6 is 0 Å². The summed E-state index contributed by atoms with van der Waals surface area (Å²) < 4.78 is 48.2. The molecule has 12 heteroatoms. The molecule has 0 spiro atoms. The molecule has 4 rings (SSSR count). The second-order valence-corrected chi connectivity index (χ2v) is 10.2. The van der Waals surface area contributed by atoms with Crippen LogP contribution < -0.4 is 19.9 Å². The minimum absolute atomic E-state index is 0.00640. The summed E-state index contributed by atoms with van der Waals surface area (Å²) in [7, 11) is 3.20.